The number of oxazole rings is 1. The van der Waals surface area contributed by atoms with Gasteiger partial charge in [-0.3, -0.25) is 0 Å². The maximum atomic E-state index is 13.7. The van der Waals surface area contributed by atoms with Gasteiger partial charge in [0.2, 0.25) is 5.89 Å². The van der Waals surface area contributed by atoms with Gasteiger partial charge in [0.15, 0.2) is 8.24 Å². The predicted octanol–water partition coefficient (Wildman–Crippen LogP) is 6.90. The maximum absolute atomic E-state index is 13.7. The number of aromatic nitrogens is 4. The summed E-state index contributed by atoms with van der Waals surface area (Å²) in [5.41, 5.74) is 3.90. The highest BCUT2D eigenvalue weighted by atomic mass is 32.2. The summed E-state index contributed by atoms with van der Waals surface area (Å²) in [4.78, 5) is 4.53. The molecule has 3 heterocycles. The Morgan fingerprint density at radius 2 is 1.66 bits per heavy atom. The summed E-state index contributed by atoms with van der Waals surface area (Å²) < 4.78 is 36.7. The zero-order valence-electron chi connectivity index (χ0n) is 23.7. The molecular weight excluding hydrogens is 553 g/mol. The topological polar surface area (TPSA) is 103 Å². The van der Waals surface area contributed by atoms with Crippen LogP contribution in [0.5, 0.6) is 0 Å². The van der Waals surface area contributed by atoms with Crippen LogP contribution in [-0.4, -0.2) is 40.2 Å². The normalized spacial score (nSPS) is 12.9. The molecule has 0 amide bonds. The summed E-state index contributed by atoms with van der Waals surface area (Å²) in [5, 5.41) is 15.7. The average Bonchev–Trinajstić information content (AvgIpc) is 3.70. The van der Waals surface area contributed by atoms with Crippen molar-refractivity contribution >= 4 is 40.1 Å². The minimum atomic E-state index is -3.98. The molecule has 6 rings (SSSR count). The van der Waals surface area contributed by atoms with Crippen molar-refractivity contribution in [3.8, 4) is 22.6 Å². The zero-order chi connectivity index (χ0) is 29.2. The highest BCUT2D eigenvalue weighted by Gasteiger charge is 2.38. The lowest BCUT2D eigenvalue weighted by Gasteiger charge is -2.38. The Kier molecular flexibility index (Phi) is 6.33. The molecule has 41 heavy (non-hydrogen) atoms. The van der Waals surface area contributed by atoms with Crippen molar-refractivity contribution in [2.45, 2.75) is 50.4 Å². The molecule has 3 aromatic heterocycles. The highest BCUT2D eigenvalue weighted by Crippen LogP contribution is 2.42. The van der Waals surface area contributed by atoms with Crippen LogP contribution in [0.1, 0.15) is 26.5 Å². The molecular formula is C31H32N4O4SSi. The van der Waals surface area contributed by atoms with E-state index in [1.54, 1.807) is 30.3 Å². The molecule has 3 aromatic carbocycles. The lowest BCUT2D eigenvalue weighted by Crippen LogP contribution is -2.44. The number of hydrogen-bond donors (Lipinski definition) is 1. The second-order valence-corrected chi connectivity index (χ2v) is 18.7. The fourth-order valence-electron chi connectivity index (χ4n) is 5.09. The molecule has 0 radical (unpaired) electrons. The predicted molar refractivity (Wildman–Crippen MR) is 164 cm³/mol. The van der Waals surface area contributed by atoms with Crippen LogP contribution in [0.2, 0.25) is 18.1 Å². The van der Waals surface area contributed by atoms with Gasteiger partial charge in [0.25, 0.3) is 10.0 Å². The number of fused-ring (bicyclic) bond motifs is 2. The summed E-state index contributed by atoms with van der Waals surface area (Å²) in [7, 11) is -5.89. The summed E-state index contributed by atoms with van der Waals surface area (Å²) in [6.07, 6.45) is 5.17. The first-order valence-corrected chi connectivity index (χ1v) is 17.8. The fraction of sp³-hybridized carbons (Fsp3) is 0.226. The van der Waals surface area contributed by atoms with E-state index in [0.29, 0.717) is 22.2 Å². The molecule has 8 nitrogen and oxygen atoms in total. The minimum Gasteiger partial charge on any atom is -0.439 e. The van der Waals surface area contributed by atoms with E-state index in [1.165, 1.54) is 12.4 Å². The molecule has 0 unspecified atom stereocenters. The third kappa shape index (κ3) is 4.34. The Hall–Kier alpha value is -3.99. The van der Waals surface area contributed by atoms with Crippen LogP contribution in [0.25, 0.3) is 44.4 Å². The number of aliphatic hydroxyl groups excluding tert-OH is 1. The SMILES string of the molecule is CC(C)(C)[Si](C)(C)n1ccc2c(-c3cc(-c4ncc(CO)o4)c4cnn(S(=O)(=O)c5ccccc5)c4c3)cccc21. The Balaban J connectivity index is 1.63. The second kappa shape index (κ2) is 9.54. The molecule has 0 atom stereocenters. The summed E-state index contributed by atoms with van der Waals surface area (Å²) in [5.74, 6) is 0.597. The quantitative estimate of drug-likeness (QED) is 0.214. The van der Waals surface area contributed by atoms with E-state index in [0.717, 1.165) is 26.1 Å². The zero-order valence-corrected chi connectivity index (χ0v) is 25.5. The smallest absolute Gasteiger partial charge is 0.283 e. The van der Waals surface area contributed by atoms with Gasteiger partial charge < -0.3 is 13.8 Å². The Bertz CT molecular complexity index is 2020. The molecule has 0 spiro atoms. The standard InChI is InChI=1S/C31H32N4O4SSi/c1-31(2,3)41(4,5)34-15-14-25-24(12-9-13-28(25)34)21-16-26(30-32-18-22(20-36)39-30)27-19-33-35(29(27)17-21)40(37,38)23-10-7-6-8-11-23/h6-19,36H,20H2,1-5H3. The number of nitrogens with zero attached hydrogens (tertiary/aromatic N) is 4. The first-order chi connectivity index (χ1) is 19.4. The third-order valence-electron chi connectivity index (χ3n) is 8.35. The van der Waals surface area contributed by atoms with Gasteiger partial charge in [-0.2, -0.15) is 17.6 Å². The molecule has 0 bridgehead atoms. The van der Waals surface area contributed by atoms with Crippen LogP contribution in [0.3, 0.4) is 0 Å². The van der Waals surface area contributed by atoms with E-state index >= 15 is 0 Å². The van der Waals surface area contributed by atoms with Crippen LogP contribution in [-0.2, 0) is 16.6 Å². The number of hydrogen-bond acceptors (Lipinski definition) is 6. The van der Waals surface area contributed by atoms with Crippen LogP contribution in [0.4, 0.5) is 0 Å². The molecule has 0 fully saturated rings. The Morgan fingerprint density at radius 1 is 0.902 bits per heavy atom. The number of rotatable bonds is 6. The van der Waals surface area contributed by atoms with Gasteiger partial charge in [0, 0.05) is 21.9 Å². The van der Waals surface area contributed by atoms with Gasteiger partial charge in [-0.15, -0.1) is 0 Å². The van der Waals surface area contributed by atoms with Gasteiger partial charge in [0.05, 0.1) is 22.8 Å². The van der Waals surface area contributed by atoms with Gasteiger partial charge in [-0.05, 0) is 58.8 Å². The molecule has 0 aliphatic rings. The van der Waals surface area contributed by atoms with Crippen LogP contribution in [0, 0.1) is 0 Å². The van der Waals surface area contributed by atoms with Crippen molar-refractivity contribution in [3.63, 3.8) is 0 Å². The van der Waals surface area contributed by atoms with Crippen molar-refractivity contribution in [1.82, 2.24) is 18.4 Å². The molecule has 6 aromatic rings. The first-order valence-electron chi connectivity index (χ1n) is 13.4. The van der Waals surface area contributed by atoms with Crippen LogP contribution < -0.4 is 0 Å². The first kappa shape index (κ1) is 27.2. The maximum Gasteiger partial charge on any atom is 0.283 e. The van der Waals surface area contributed by atoms with Crippen molar-refractivity contribution in [1.29, 1.82) is 0 Å². The second-order valence-electron chi connectivity index (χ2n) is 11.8. The Morgan fingerprint density at radius 3 is 2.34 bits per heavy atom. The molecule has 0 aliphatic carbocycles. The lowest BCUT2D eigenvalue weighted by atomic mass is 9.97. The molecule has 1 N–H and O–H groups in total. The molecule has 0 saturated carbocycles. The lowest BCUT2D eigenvalue weighted by molar-refractivity contribution is 0.248. The molecule has 0 aliphatic heterocycles. The summed E-state index contributed by atoms with van der Waals surface area (Å²) in [6.45, 7) is 11.3. The van der Waals surface area contributed by atoms with Crippen molar-refractivity contribution < 1.29 is 17.9 Å². The average molecular weight is 585 g/mol. The van der Waals surface area contributed by atoms with E-state index in [4.69, 9.17) is 4.42 Å². The van der Waals surface area contributed by atoms with E-state index in [1.807, 2.05) is 24.3 Å². The van der Waals surface area contributed by atoms with Crippen LogP contribution >= 0.6 is 0 Å². The molecule has 0 saturated heterocycles. The van der Waals surface area contributed by atoms with E-state index < -0.39 is 18.3 Å². The van der Waals surface area contributed by atoms with E-state index in [2.05, 4.69) is 66.5 Å². The number of benzene rings is 3. The third-order valence-corrected chi connectivity index (χ3v) is 15.2. The molecule has 10 heteroatoms. The fourth-order valence-corrected chi connectivity index (χ4v) is 8.34. The Labute approximate surface area is 240 Å². The van der Waals surface area contributed by atoms with Crippen molar-refractivity contribution in [3.05, 3.63) is 91.1 Å². The van der Waals surface area contributed by atoms with Crippen molar-refractivity contribution in [2.75, 3.05) is 0 Å². The molecule has 210 valence electrons. The van der Waals surface area contributed by atoms with E-state index in [-0.39, 0.29) is 22.4 Å². The van der Waals surface area contributed by atoms with Gasteiger partial charge in [-0.25, -0.2) is 4.98 Å². The summed E-state index contributed by atoms with van der Waals surface area (Å²) >= 11 is 0. The van der Waals surface area contributed by atoms with Gasteiger partial charge in [-0.1, -0.05) is 64.2 Å². The number of aliphatic hydroxyl groups is 1. The van der Waals surface area contributed by atoms with Crippen LogP contribution in [0.15, 0.2) is 94.6 Å². The van der Waals surface area contributed by atoms with Gasteiger partial charge >= 0.3 is 0 Å². The minimum absolute atomic E-state index is 0.134. The highest BCUT2D eigenvalue weighted by molar-refractivity contribution is 7.90. The monoisotopic (exact) mass is 584 g/mol. The van der Waals surface area contributed by atoms with Gasteiger partial charge in [0.1, 0.15) is 12.4 Å². The van der Waals surface area contributed by atoms with E-state index in [9.17, 15) is 13.5 Å². The van der Waals surface area contributed by atoms with Crippen molar-refractivity contribution in [2.24, 2.45) is 0 Å². The largest absolute Gasteiger partial charge is 0.439 e. The summed E-state index contributed by atoms with van der Waals surface area (Å²) in [6, 6.07) is 20.4.